The first-order chi connectivity index (χ1) is 7.13. The second-order valence-corrected chi connectivity index (χ2v) is 4.73. The standard InChI is InChI=1S/C12H14BrNO/c1-3-12(15)14-5-4-9-7-10(13)8(2)6-11(9)14/h6-7H,3-5H2,1-2H3. The Bertz CT molecular complexity index is 414. The Morgan fingerprint density at radius 1 is 1.53 bits per heavy atom. The van der Waals surface area contributed by atoms with Crippen molar-refractivity contribution in [1.29, 1.82) is 0 Å². The summed E-state index contributed by atoms with van der Waals surface area (Å²) in [6.45, 7) is 4.79. The van der Waals surface area contributed by atoms with Gasteiger partial charge in [-0.05, 0) is 36.6 Å². The Labute approximate surface area is 98.4 Å². The highest BCUT2D eigenvalue weighted by Gasteiger charge is 2.23. The number of nitrogens with zero attached hydrogens (tertiary/aromatic N) is 1. The number of hydrogen-bond donors (Lipinski definition) is 0. The summed E-state index contributed by atoms with van der Waals surface area (Å²) >= 11 is 3.52. The van der Waals surface area contributed by atoms with Crippen LogP contribution in [0.2, 0.25) is 0 Å². The fourth-order valence-electron chi connectivity index (χ4n) is 1.96. The predicted molar refractivity (Wildman–Crippen MR) is 65.2 cm³/mol. The molecule has 3 heteroatoms. The average molecular weight is 268 g/mol. The number of halogens is 1. The minimum atomic E-state index is 0.218. The van der Waals surface area contributed by atoms with Crippen molar-refractivity contribution in [2.75, 3.05) is 11.4 Å². The number of hydrogen-bond acceptors (Lipinski definition) is 1. The Hall–Kier alpha value is -0.830. The van der Waals surface area contributed by atoms with E-state index in [-0.39, 0.29) is 5.91 Å². The molecule has 0 unspecified atom stereocenters. The Kier molecular flexibility index (Phi) is 2.83. The number of benzene rings is 1. The van der Waals surface area contributed by atoms with E-state index in [1.165, 1.54) is 11.1 Å². The van der Waals surface area contributed by atoms with Gasteiger partial charge in [0.25, 0.3) is 0 Å². The number of aryl methyl sites for hydroxylation is 1. The minimum absolute atomic E-state index is 0.218. The summed E-state index contributed by atoms with van der Waals surface area (Å²) in [4.78, 5) is 13.6. The van der Waals surface area contributed by atoms with Crippen LogP contribution in [0.15, 0.2) is 16.6 Å². The minimum Gasteiger partial charge on any atom is -0.312 e. The van der Waals surface area contributed by atoms with Crippen molar-refractivity contribution >= 4 is 27.5 Å². The molecule has 0 fully saturated rings. The van der Waals surface area contributed by atoms with E-state index in [0.717, 1.165) is 23.1 Å². The molecule has 1 aromatic rings. The molecule has 0 saturated carbocycles. The van der Waals surface area contributed by atoms with Crippen molar-refractivity contribution in [1.82, 2.24) is 0 Å². The van der Waals surface area contributed by atoms with Crippen LogP contribution in [0.25, 0.3) is 0 Å². The van der Waals surface area contributed by atoms with E-state index >= 15 is 0 Å². The van der Waals surface area contributed by atoms with Gasteiger partial charge in [-0.3, -0.25) is 4.79 Å². The highest BCUT2D eigenvalue weighted by Crippen LogP contribution is 2.33. The lowest BCUT2D eigenvalue weighted by molar-refractivity contribution is -0.118. The van der Waals surface area contributed by atoms with E-state index < -0.39 is 0 Å². The van der Waals surface area contributed by atoms with E-state index in [2.05, 4.69) is 35.0 Å². The second-order valence-electron chi connectivity index (χ2n) is 3.88. The van der Waals surface area contributed by atoms with Crippen LogP contribution in [0.4, 0.5) is 5.69 Å². The summed E-state index contributed by atoms with van der Waals surface area (Å²) in [6, 6.07) is 4.23. The summed E-state index contributed by atoms with van der Waals surface area (Å²) in [7, 11) is 0. The van der Waals surface area contributed by atoms with Crippen LogP contribution < -0.4 is 4.90 Å². The van der Waals surface area contributed by atoms with Crippen molar-refractivity contribution in [3.8, 4) is 0 Å². The number of rotatable bonds is 1. The molecule has 80 valence electrons. The highest BCUT2D eigenvalue weighted by atomic mass is 79.9. The average Bonchev–Trinajstić information content (AvgIpc) is 2.61. The first kappa shape index (κ1) is 10.7. The predicted octanol–water partition coefficient (Wildman–Crippen LogP) is 3.06. The second kappa shape index (κ2) is 3.97. The molecule has 0 saturated heterocycles. The van der Waals surface area contributed by atoms with Crippen LogP contribution in [0, 0.1) is 6.92 Å². The number of fused-ring (bicyclic) bond motifs is 1. The third-order valence-corrected chi connectivity index (χ3v) is 3.71. The van der Waals surface area contributed by atoms with Crippen molar-refractivity contribution < 1.29 is 4.79 Å². The molecule has 1 aliphatic rings. The van der Waals surface area contributed by atoms with Crippen LogP contribution >= 0.6 is 15.9 Å². The normalized spacial score (nSPS) is 14.2. The van der Waals surface area contributed by atoms with Gasteiger partial charge in [-0.15, -0.1) is 0 Å². The highest BCUT2D eigenvalue weighted by molar-refractivity contribution is 9.10. The SMILES string of the molecule is CCC(=O)N1CCc2cc(Br)c(C)cc21. The van der Waals surface area contributed by atoms with Gasteiger partial charge in [0, 0.05) is 23.1 Å². The number of carbonyl (C=O) groups excluding carboxylic acids is 1. The molecule has 1 amide bonds. The summed E-state index contributed by atoms with van der Waals surface area (Å²) in [6.07, 6.45) is 1.55. The monoisotopic (exact) mass is 267 g/mol. The molecule has 1 heterocycles. The zero-order chi connectivity index (χ0) is 11.0. The van der Waals surface area contributed by atoms with Gasteiger partial charge < -0.3 is 4.90 Å². The van der Waals surface area contributed by atoms with Crippen molar-refractivity contribution in [3.05, 3.63) is 27.7 Å². The zero-order valence-electron chi connectivity index (χ0n) is 9.01. The molecular formula is C12H14BrNO. The van der Waals surface area contributed by atoms with Crippen LogP contribution in [-0.4, -0.2) is 12.5 Å². The topological polar surface area (TPSA) is 20.3 Å². The van der Waals surface area contributed by atoms with E-state index in [1.807, 2.05) is 11.8 Å². The van der Waals surface area contributed by atoms with Gasteiger partial charge >= 0.3 is 0 Å². The largest absolute Gasteiger partial charge is 0.312 e. The molecule has 1 aromatic carbocycles. The van der Waals surface area contributed by atoms with Crippen LogP contribution in [0.5, 0.6) is 0 Å². The summed E-state index contributed by atoms with van der Waals surface area (Å²) in [5.74, 6) is 0.218. The number of carbonyl (C=O) groups is 1. The zero-order valence-corrected chi connectivity index (χ0v) is 10.6. The molecule has 0 radical (unpaired) electrons. The lowest BCUT2D eigenvalue weighted by atomic mass is 10.1. The molecule has 0 aromatic heterocycles. The van der Waals surface area contributed by atoms with Crippen molar-refractivity contribution in [3.63, 3.8) is 0 Å². The summed E-state index contributed by atoms with van der Waals surface area (Å²) < 4.78 is 1.13. The number of amides is 1. The van der Waals surface area contributed by atoms with Gasteiger partial charge in [0.05, 0.1) is 0 Å². The molecule has 15 heavy (non-hydrogen) atoms. The van der Waals surface area contributed by atoms with Gasteiger partial charge in [-0.2, -0.15) is 0 Å². The lowest BCUT2D eigenvalue weighted by Gasteiger charge is -2.17. The van der Waals surface area contributed by atoms with Gasteiger partial charge in [0.15, 0.2) is 0 Å². The van der Waals surface area contributed by atoms with Crippen LogP contribution in [-0.2, 0) is 11.2 Å². The third-order valence-electron chi connectivity index (χ3n) is 2.86. The molecular weight excluding hydrogens is 254 g/mol. The van der Waals surface area contributed by atoms with E-state index in [9.17, 15) is 4.79 Å². The molecule has 0 bridgehead atoms. The van der Waals surface area contributed by atoms with Gasteiger partial charge in [0.2, 0.25) is 5.91 Å². The molecule has 0 atom stereocenters. The third kappa shape index (κ3) is 1.81. The molecule has 2 rings (SSSR count). The summed E-state index contributed by atoms with van der Waals surface area (Å²) in [5.41, 5.74) is 3.56. The van der Waals surface area contributed by atoms with E-state index in [4.69, 9.17) is 0 Å². The first-order valence-corrected chi connectivity index (χ1v) is 6.02. The molecule has 0 spiro atoms. The molecule has 1 aliphatic heterocycles. The fraction of sp³-hybridized carbons (Fsp3) is 0.417. The smallest absolute Gasteiger partial charge is 0.226 e. The number of anilines is 1. The fourth-order valence-corrected chi connectivity index (χ4v) is 2.35. The first-order valence-electron chi connectivity index (χ1n) is 5.23. The molecule has 0 N–H and O–H groups in total. The van der Waals surface area contributed by atoms with Gasteiger partial charge in [-0.1, -0.05) is 22.9 Å². The maximum absolute atomic E-state index is 11.7. The quantitative estimate of drug-likeness (QED) is 0.766. The Morgan fingerprint density at radius 3 is 2.93 bits per heavy atom. The molecule has 0 aliphatic carbocycles. The molecule has 2 nitrogen and oxygen atoms in total. The maximum atomic E-state index is 11.7. The lowest BCUT2D eigenvalue weighted by Crippen LogP contribution is -2.27. The van der Waals surface area contributed by atoms with Crippen LogP contribution in [0.1, 0.15) is 24.5 Å². The van der Waals surface area contributed by atoms with Crippen LogP contribution in [0.3, 0.4) is 0 Å². The summed E-state index contributed by atoms with van der Waals surface area (Å²) in [5, 5.41) is 0. The van der Waals surface area contributed by atoms with Crippen molar-refractivity contribution in [2.45, 2.75) is 26.7 Å². The van der Waals surface area contributed by atoms with Gasteiger partial charge in [0.1, 0.15) is 0 Å². The van der Waals surface area contributed by atoms with E-state index in [0.29, 0.717) is 6.42 Å². The maximum Gasteiger partial charge on any atom is 0.226 e. The Morgan fingerprint density at radius 2 is 2.27 bits per heavy atom. The Balaban J connectivity index is 2.42. The van der Waals surface area contributed by atoms with Gasteiger partial charge in [-0.25, -0.2) is 0 Å². The van der Waals surface area contributed by atoms with Crippen molar-refractivity contribution in [2.24, 2.45) is 0 Å². The van der Waals surface area contributed by atoms with E-state index in [1.54, 1.807) is 0 Å².